The number of nitrogens with one attached hydrogen (secondary N) is 2. The smallest absolute Gasteiger partial charge is 0.271 e. The Labute approximate surface area is 184 Å². The van der Waals surface area contributed by atoms with Gasteiger partial charge in [0.1, 0.15) is 5.69 Å². The number of pyridine rings is 1. The molecule has 2 aliphatic rings. The Morgan fingerprint density at radius 1 is 1.29 bits per heavy atom. The summed E-state index contributed by atoms with van der Waals surface area (Å²) in [4.78, 5) is 31.0. The van der Waals surface area contributed by atoms with Gasteiger partial charge in [0.15, 0.2) is 6.29 Å². The van der Waals surface area contributed by atoms with Gasteiger partial charge < -0.3 is 24.4 Å². The van der Waals surface area contributed by atoms with Gasteiger partial charge in [0.05, 0.1) is 43.8 Å². The lowest BCUT2D eigenvalue weighted by Gasteiger charge is -2.31. The van der Waals surface area contributed by atoms with Crippen LogP contribution in [-0.4, -0.2) is 78.1 Å². The van der Waals surface area contributed by atoms with Crippen molar-refractivity contribution in [2.75, 3.05) is 40.0 Å². The molecule has 2 saturated heterocycles. The number of hydrogen-bond donors (Lipinski definition) is 2. The van der Waals surface area contributed by atoms with E-state index in [2.05, 4.69) is 20.5 Å². The Bertz CT molecular complexity index is 938. The van der Waals surface area contributed by atoms with Crippen LogP contribution in [0.1, 0.15) is 23.3 Å². The SMILES string of the molecule is COc1cc(-c2cc(C(=O)N3CCC(C(=O)NCC4OCCO4)CC3)[nH]n2)c(Cl)cn1. The number of amides is 2. The fourth-order valence-corrected chi connectivity index (χ4v) is 3.87. The molecule has 2 aliphatic heterocycles. The van der Waals surface area contributed by atoms with Crippen molar-refractivity contribution in [2.45, 2.75) is 19.1 Å². The molecule has 0 bridgehead atoms. The molecule has 0 saturated carbocycles. The number of ether oxygens (including phenoxy) is 3. The molecular formula is C20H24ClN5O5. The maximum absolute atomic E-state index is 12.9. The molecule has 166 valence electrons. The van der Waals surface area contributed by atoms with Crippen molar-refractivity contribution < 1.29 is 23.8 Å². The Hall–Kier alpha value is -2.69. The van der Waals surface area contributed by atoms with Crippen molar-refractivity contribution in [3.63, 3.8) is 0 Å². The number of carbonyl (C=O) groups excluding carboxylic acids is 2. The van der Waals surface area contributed by atoms with E-state index >= 15 is 0 Å². The standard InChI is InChI=1S/C20H24ClN5O5/c1-29-17-8-13(14(21)10-22-17)15-9-16(25-24-15)20(28)26-4-2-12(3-5-26)19(27)23-11-18-30-6-7-31-18/h8-10,12,18H,2-7,11H2,1H3,(H,23,27)(H,24,25). The number of carbonyl (C=O) groups is 2. The lowest BCUT2D eigenvalue weighted by atomic mass is 9.95. The zero-order chi connectivity index (χ0) is 21.8. The van der Waals surface area contributed by atoms with Crippen molar-refractivity contribution in [3.8, 4) is 17.1 Å². The van der Waals surface area contributed by atoms with E-state index in [9.17, 15) is 9.59 Å². The predicted octanol–water partition coefficient (Wildman–Crippen LogP) is 1.47. The van der Waals surface area contributed by atoms with E-state index in [1.54, 1.807) is 17.0 Å². The first kappa shape index (κ1) is 21.5. The third kappa shape index (κ3) is 4.97. The number of nitrogens with zero attached hydrogens (tertiary/aromatic N) is 3. The molecule has 4 heterocycles. The first-order chi connectivity index (χ1) is 15.0. The first-order valence-corrected chi connectivity index (χ1v) is 10.5. The highest BCUT2D eigenvalue weighted by atomic mass is 35.5. The van der Waals surface area contributed by atoms with Gasteiger partial charge in [0, 0.05) is 30.6 Å². The van der Waals surface area contributed by atoms with Crippen LogP contribution in [0.15, 0.2) is 18.3 Å². The molecule has 2 fully saturated rings. The molecule has 31 heavy (non-hydrogen) atoms. The molecule has 0 spiro atoms. The Morgan fingerprint density at radius 3 is 2.74 bits per heavy atom. The summed E-state index contributed by atoms with van der Waals surface area (Å²) in [6, 6.07) is 3.32. The van der Waals surface area contributed by atoms with E-state index in [4.69, 9.17) is 25.8 Å². The number of piperidine rings is 1. The topological polar surface area (TPSA) is 119 Å². The van der Waals surface area contributed by atoms with E-state index in [1.165, 1.54) is 13.3 Å². The Morgan fingerprint density at radius 2 is 2.03 bits per heavy atom. The average Bonchev–Trinajstić information content (AvgIpc) is 3.50. The molecule has 0 aromatic carbocycles. The van der Waals surface area contributed by atoms with Gasteiger partial charge in [-0.3, -0.25) is 14.7 Å². The average molecular weight is 450 g/mol. The second-order valence-corrected chi connectivity index (χ2v) is 7.76. The largest absolute Gasteiger partial charge is 0.481 e. The molecule has 10 nitrogen and oxygen atoms in total. The summed E-state index contributed by atoms with van der Waals surface area (Å²) in [7, 11) is 1.51. The van der Waals surface area contributed by atoms with Crippen molar-refractivity contribution >= 4 is 23.4 Å². The summed E-state index contributed by atoms with van der Waals surface area (Å²) in [5, 5.41) is 10.3. The van der Waals surface area contributed by atoms with E-state index in [1.807, 2.05) is 0 Å². The minimum atomic E-state index is -0.367. The van der Waals surface area contributed by atoms with Crippen LogP contribution >= 0.6 is 11.6 Å². The summed E-state index contributed by atoms with van der Waals surface area (Å²) in [5.41, 5.74) is 1.51. The third-order valence-electron chi connectivity index (χ3n) is 5.41. The monoisotopic (exact) mass is 449 g/mol. The number of rotatable bonds is 6. The van der Waals surface area contributed by atoms with E-state index in [-0.39, 0.29) is 24.0 Å². The molecule has 2 aromatic rings. The summed E-state index contributed by atoms with van der Waals surface area (Å²) in [5.74, 6) is 0.0753. The minimum absolute atomic E-state index is 0.0312. The van der Waals surface area contributed by atoms with Crippen LogP contribution in [0.2, 0.25) is 5.02 Å². The van der Waals surface area contributed by atoms with Crippen molar-refractivity contribution in [3.05, 3.63) is 29.0 Å². The van der Waals surface area contributed by atoms with Gasteiger partial charge in [-0.1, -0.05) is 11.6 Å². The van der Waals surface area contributed by atoms with E-state index in [0.717, 1.165) is 0 Å². The van der Waals surface area contributed by atoms with E-state index in [0.29, 0.717) is 73.5 Å². The number of aromatic nitrogens is 3. The van der Waals surface area contributed by atoms with Crippen LogP contribution in [0.3, 0.4) is 0 Å². The Balaban J connectivity index is 1.32. The second kappa shape index (κ2) is 9.63. The minimum Gasteiger partial charge on any atom is -0.481 e. The molecule has 11 heteroatoms. The highest BCUT2D eigenvalue weighted by molar-refractivity contribution is 6.33. The maximum atomic E-state index is 12.9. The summed E-state index contributed by atoms with van der Waals surface area (Å²) in [6.07, 6.45) is 2.30. The zero-order valence-electron chi connectivity index (χ0n) is 17.1. The van der Waals surface area contributed by atoms with Crippen LogP contribution in [0.25, 0.3) is 11.3 Å². The van der Waals surface area contributed by atoms with Crippen LogP contribution in [0.4, 0.5) is 0 Å². The lowest BCUT2D eigenvalue weighted by Crippen LogP contribution is -2.44. The van der Waals surface area contributed by atoms with Gasteiger partial charge in [-0.05, 0) is 18.9 Å². The van der Waals surface area contributed by atoms with Crippen molar-refractivity contribution in [2.24, 2.45) is 5.92 Å². The lowest BCUT2D eigenvalue weighted by molar-refractivity contribution is -0.128. The Kier molecular flexibility index (Phi) is 6.69. The molecule has 2 N–H and O–H groups in total. The van der Waals surface area contributed by atoms with Crippen LogP contribution in [0.5, 0.6) is 5.88 Å². The van der Waals surface area contributed by atoms with Crippen LogP contribution in [0, 0.1) is 5.92 Å². The van der Waals surface area contributed by atoms with Crippen molar-refractivity contribution in [1.82, 2.24) is 25.4 Å². The molecule has 0 atom stereocenters. The van der Waals surface area contributed by atoms with E-state index < -0.39 is 0 Å². The zero-order valence-corrected chi connectivity index (χ0v) is 17.9. The van der Waals surface area contributed by atoms with Crippen LogP contribution < -0.4 is 10.1 Å². The van der Waals surface area contributed by atoms with Gasteiger partial charge in [0.25, 0.3) is 5.91 Å². The normalized spacial score (nSPS) is 17.7. The summed E-state index contributed by atoms with van der Waals surface area (Å²) >= 11 is 6.22. The van der Waals surface area contributed by atoms with Gasteiger partial charge >= 0.3 is 0 Å². The maximum Gasteiger partial charge on any atom is 0.271 e. The van der Waals surface area contributed by atoms with Gasteiger partial charge in [0.2, 0.25) is 11.8 Å². The molecule has 2 aromatic heterocycles. The molecule has 0 radical (unpaired) electrons. The molecule has 0 aliphatic carbocycles. The molecule has 4 rings (SSSR count). The fraction of sp³-hybridized carbons (Fsp3) is 0.500. The quantitative estimate of drug-likeness (QED) is 0.685. The molecule has 0 unspecified atom stereocenters. The third-order valence-corrected chi connectivity index (χ3v) is 5.71. The number of aromatic amines is 1. The number of likely N-dealkylation sites (tertiary alicyclic amines) is 1. The number of H-pyrrole nitrogens is 1. The highest BCUT2D eigenvalue weighted by Crippen LogP contribution is 2.29. The second-order valence-electron chi connectivity index (χ2n) is 7.36. The number of methoxy groups -OCH3 is 1. The number of hydrogen-bond acceptors (Lipinski definition) is 7. The van der Waals surface area contributed by atoms with Gasteiger partial charge in [-0.2, -0.15) is 5.10 Å². The van der Waals surface area contributed by atoms with Gasteiger partial charge in [-0.25, -0.2) is 4.98 Å². The molecule has 2 amide bonds. The highest BCUT2D eigenvalue weighted by Gasteiger charge is 2.29. The van der Waals surface area contributed by atoms with Crippen LogP contribution in [-0.2, 0) is 14.3 Å². The van der Waals surface area contributed by atoms with Gasteiger partial charge in [-0.15, -0.1) is 0 Å². The fourth-order valence-electron chi connectivity index (χ4n) is 3.67. The molecular weight excluding hydrogens is 426 g/mol. The van der Waals surface area contributed by atoms with Crippen molar-refractivity contribution in [1.29, 1.82) is 0 Å². The summed E-state index contributed by atoms with van der Waals surface area (Å²) in [6.45, 7) is 2.43. The number of halogens is 1. The first-order valence-electron chi connectivity index (χ1n) is 10.1. The predicted molar refractivity (Wildman–Crippen MR) is 111 cm³/mol. The summed E-state index contributed by atoms with van der Waals surface area (Å²) < 4.78 is 15.8.